The van der Waals surface area contributed by atoms with Crippen molar-refractivity contribution < 1.29 is 0 Å². The van der Waals surface area contributed by atoms with Crippen molar-refractivity contribution in [2.75, 3.05) is 26.2 Å². The van der Waals surface area contributed by atoms with Crippen molar-refractivity contribution in [3.8, 4) is 0 Å². The van der Waals surface area contributed by atoms with Crippen LogP contribution in [0, 0.1) is 13.8 Å². The van der Waals surface area contributed by atoms with Crippen molar-refractivity contribution >= 4 is 21.7 Å². The molecular weight excluding hydrogens is 462 g/mol. The molecule has 5 rings (SSSR count). The number of aryl methyl sites for hydroxylation is 2. The largest absolute Gasteiger partial charge is 0.295 e. The van der Waals surface area contributed by atoms with Crippen molar-refractivity contribution in [1.29, 1.82) is 0 Å². The Hall–Kier alpha value is -2.54. The molecule has 1 saturated heterocycles. The number of hydrogen-bond acceptors (Lipinski definition) is 4. The van der Waals surface area contributed by atoms with Crippen LogP contribution >= 0.6 is 15.9 Å². The monoisotopic (exact) mass is 489 g/mol. The van der Waals surface area contributed by atoms with Gasteiger partial charge in [0.25, 0.3) is 0 Å². The molecule has 0 saturated carbocycles. The summed E-state index contributed by atoms with van der Waals surface area (Å²) in [5.74, 6) is 0.774. The summed E-state index contributed by atoms with van der Waals surface area (Å²) in [5.41, 5.74) is 5.92. The molecule has 5 nitrogen and oxygen atoms in total. The number of halogens is 1. The number of rotatable bonds is 5. The number of imidazole rings is 1. The van der Waals surface area contributed by atoms with Crippen LogP contribution in [0.15, 0.2) is 71.3 Å². The molecule has 32 heavy (non-hydrogen) atoms. The Morgan fingerprint density at radius 1 is 0.844 bits per heavy atom. The van der Waals surface area contributed by atoms with E-state index >= 15 is 0 Å². The first kappa shape index (κ1) is 21.3. The molecule has 0 aliphatic carbocycles. The number of hydrogen-bond donors (Lipinski definition) is 0. The fourth-order valence-electron chi connectivity index (χ4n) is 4.75. The summed E-state index contributed by atoms with van der Waals surface area (Å²) in [6.45, 7) is 9.03. The lowest BCUT2D eigenvalue weighted by molar-refractivity contribution is 0.104. The lowest BCUT2D eigenvalue weighted by Gasteiger charge is -2.39. The van der Waals surface area contributed by atoms with Gasteiger partial charge < -0.3 is 0 Å². The summed E-state index contributed by atoms with van der Waals surface area (Å²) in [7, 11) is 0. The van der Waals surface area contributed by atoms with Gasteiger partial charge in [-0.15, -0.1) is 0 Å². The highest BCUT2D eigenvalue weighted by molar-refractivity contribution is 9.10. The van der Waals surface area contributed by atoms with E-state index in [9.17, 15) is 0 Å². The van der Waals surface area contributed by atoms with Gasteiger partial charge in [-0.2, -0.15) is 0 Å². The third kappa shape index (κ3) is 4.22. The highest BCUT2D eigenvalue weighted by atomic mass is 79.9. The van der Waals surface area contributed by atoms with Gasteiger partial charge in [-0.25, -0.2) is 9.97 Å². The lowest BCUT2D eigenvalue weighted by atomic mass is 9.96. The van der Waals surface area contributed by atoms with Crippen LogP contribution in [0.2, 0.25) is 0 Å². The molecule has 2 aromatic carbocycles. The minimum atomic E-state index is 0.288. The molecule has 0 unspecified atom stereocenters. The van der Waals surface area contributed by atoms with Gasteiger partial charge in [0.1, 0.15) is 4.60 Å². The zero-order valence-corrected chi connectivity index (χ0v) is 20.2. The van der Waals surface area contributed by atoms with E-state index in [4.69, 9.17) is 4.98 Å². The third-order valence-electron chi connectivity index (χ3n) is 6.29. The molecule has 6 heteroatoms. The molecule has 0 bridgehead atoms. The Morgan fingerprint density at radius 2 is 1.44 bits per heavy atom. The van der Waals surface area contributed by atoms with Crippen LogP contribution < -0.4 is 0 Å². The summed E-state index contributed by atoms with van der Waals surface area (Å²) >= 11 is 3.77. The minimum Gasteiger partial charge on any atom is -0.295 e. The molecule has 164 valence electrons. The van der Waals surface area contributed by atoms with E-state index in [1.165, 1.54) is 11.1 Å². The molecule has 3 heterocycles. The van der Waals surface area contributed by atoms with E-state index in [1.807, 2.05) is 6.92 Å². The van der Waals surface area contributed by atoms with Crippen LogP contribution in [-0.4, -0.2) is 50.3 Å². The quantitative estimate of drug-likeness (QED) is 0.394. The van der Waals surface area contributed by atoms with E-state index in [0.29, 0.717) is 0 Å². The summed E-state index contributed by atoms with van der Waals surface area (Å²) in [6.07, 6.45) is 0. The maximum absolute atomic E-state index is 4.83. The molecule has 1 aliphatic rings. The van der Waals surface area contributed by atoms with Gasteiger partial charge in [-0.3, -0.25) is 14.2 Å². The Kier molecular flexibility index (Phi) is 6.09. The molecule has 0 atom stereocenters. The number of aromatic nitrogens is 3. The number of piperazine rings is 1. The summed E-state index contributed by atoms with van der Waals surface area (Å²) in [4.78, 5) is 14.5. The van der Waals surface area contributed by atoms with Crippen LogP contribution in [0.1, 0.15) is 34.3 Å². The Bertz CT molecular complexity index is 1160. The highest BCUT2D eigenvalue weighted by Crippen LogP contribution is 2.30. The predicted molar refractivity (Wildman–Crippen MR) is 132 cm³/mol. The SMILES string of the molecule is Cc1cc(C)n2c(Br)c(CN3CCN(C(c4ccccc4)c4ccccc4)CC3)nc2n1. The van der Waals surface area contributed by atoms with Crippen LogP contribution in [0.3, 0.4) is 0 Å². The summed E-state index contributed by atoms with van der Waals surface area (Å²) in [6, 6.07) is 24.1. The van der Waals surface area contributed by atoms with Gasteiger partial charge in [0, 0.05) is 44.1 Å². The van der Waals surface area contributed by atoms with E-state index < -0.39 is 0 Å². The van der Waals surface area contributed by atoms with Crippen molar-refractivity contribution in [3.05, 3.63) is 99.5 Å². The Morgan fingerprint density at radius 3 is 2.03 bits per heavy atom. The molecule has 1 fully saturated rings. The van der Waals surface area contributed by atoms with Crippen LogP contribution in [0.5, 0.6) is 0 Å². The third-order valence-corrected chi connectivity index (χ3v) is 7.10. The Balaban J connectivity index is 1.33. The number of benzene rings is 2. The second-order valence-electron chi connectivity index (χ2n) is 8.56. The number of nitrogens with zero attached hydrogens (tertiary/aromatic N) is 5. The molecule has 0 spiro atoms. The summed E-state index contributed by atoms with van der Waals surface area (Å²) < 4.78 is 3.12. The van der Waals surface area contributed by atoms with Crippen molar-refractivity contribution in [2.24, 2.45) is 0 Å². The molecule has 4 aromatic rings. The maximum Gasteiger partial charge on any atom is 0.235 e. The fourth-order valence-corrected chi connectivity index (χ4v) is 5.41. The first-order chi connectivity index (χ1) is 15.6. The maximum atomic E-state index is 4.83. The first-order valence-electron chi connectivity index (χ1n) is 11.2. The van der Waals surface area contributed by atoms with E-state index in [0.717, 1.165) is 60.2 Å². The molecule has 0 amide bonds. The molecule has 0 N–H and O–H groups in total. The fraction of sp³-hybridized carbons (Fsp3) is 0.308. The molecule has 0 radical (unpaired) electrons. The zero-order chi connectivity index (χ0) is 22.1. The standard InChI is InChI=1S/C26H28BrN5/c1-19-17-20(2)32-25(27)23(29-26(32)28-19)18-30-13-15-31(16-14-30)24(21-9-5-3-6-10-21)22-11-7-4-8-12-22/h3-12,17,24H,13-16,18H2,1-2H3. The Labute approximate surface area is 197 Å². The molecule has 1 aliphatic heterocycles. The lowest BCUT2D eigenvalue weighted by Crippen LogP contribution is -2.47. The van der Waals surface area contributed by atoms with Gasteiger partial charge in [-0.05, 0) is 47.0 Å². The van der Waals surface area contributed by atoms with E-state index in [1.54, 1.807) is 0 Å². The highest BCUT2D eigenvalue weighted by Gasteiger charge is 2.27. The van der Waals surface area contributed by atoms with Gasteiger partial charge in [0.15, 0.2) is 0 Å². The van der Waals surface area contributed by atoms with Crippen molar-refractivity contribution in [2.45, 2.75) is 26.4 Å². The molecule has 2 aromatic heterocycles. The topological polar surface area (TPSA) is 36.7 Å². The van der Waals surface area contributed by atoms with Crippen LogP contribution in [0.25, 0.3) is 5.78 Å². The number of fused-ring (bicyclic) bond motifs is 1. The molecular formula is C26H28BrN5. The predicted octanol–water partition coefficient (Wildman–Crippen LogP) is 5.02. The average Bonchev–Trinajstić information content (AvgIpc) is 3.11. The first-order valence-corrected chi connectivity index (χ1v) is 12.0. The summed E-state index contributed by atoms with van der Waals surface area (Å²) in [5, 5.41) is 0. The van der Waals surface area contributed by atoms with Crippen LogP contribution in [0.4, 0.5) is 0 Å². The second kappa shape index (κ2) is 9.14. The van der Waals surface area contributed by atoms with Gasteiger partial charge >= 0.3 is 0 Å². The van der Waals surface area contributed by atoms with E-state index in [-0.39, 0.29) is 6.04 Å². The van der Waals surface area contributed by atoms with Gasteiger partial charge in [0.05, 0.1) is 11.7 Å². The normalized spacial score (nSPS) is 15.6. The van der Waals surface area contributed by atoms with E-state index in [2.05, 4.69) is 109 Å². The zero-order valence-electron chi connectivity index (χ0n) is 18.6. The van der Waals surface area contributed by atoms with Gasteiger partial charge in [0.2, 0.25) is 5.78 Å². The van der Waals surface area contributed by atoms with Crippen molar-refractivity contribution in [1.82, 2.24) is 24.2 Å². The minimum absolute atomic E-state index is 0.288. The smallest absolute Gasteiger partial charge is 0.235 e. The second-order valence-corrected chi connectivity index (χ2v) is 9.31. The van der Waals surface area contributed by atoms with Crippen LogP contribution in [-0.2, 0) is 6.54 Å². The van der Waals surface area contributed by atoms with Crippen molar-refractivity contribution in [3.63, 3.8) is 0 Å². The average molecular weight is 490 g/mol. The van der Waals surface area contributed by atoms with Gasteiger partial charge in [-0.1, -0.05) is 60.7 Å².